The Labute approximate surface area is 182 Å². The van der Waals surface area contributed by atoms with Crippen LogP contribution in [-0.4, -0.2) is 43.1 Å². The molecule has 0 aliphatic carbocycles. The molecule has 0 aliphatic rings. The predicted molar refractivity (Wildman–Crippen MR) is 122 cm³/mol. The highest BCUT2D eigenvalue weighted by Gasteiger charge is 2.19. The summed E-state index contributed by atoms with van der Waals surface area (Å²) in [5.74, 6) is 1.63. The first-order chi connectivity index (χ1) is 15.0. The van der Waals surface area contributed by atoms with Crippen LogP contribution in [0.1, 0.15) is 25.2 Å². The summed E-state index contributed by atoms with van der Waals surface area (Å²) < 4.78 is 1.87. The Hall–Kier alpha value is -3.54. The van der Waals surface area contributed by atoms with E-state index < -0.39 is 0 Å². The number of carbonyl (C=O) groups excluding carboxylic acids is 1. The number of rotatable bonds is 7. The number of aromatic nitrogens is 4. The van der Waals surface area contributed by atoms with Crippen LogP contribution in [0.25, 0.3) is 22.2 Å². The molecule has 0 spiro atoms. The van der Waals surface area contributed by atoms with E-state index in [1.54, 1.807) is 12.4 Å². The van der Waals surface area contributed by atoms with E-state index in [1.807, 2.05) is 52.9 Å². The van der Waals surface area contributed by atoms with Gasteiger partial charge in [0, 0.05) is 30.5 Å². The zero-order chi connectivity index (χ0) is 21.8. The minimum Gasteiger partial charge on any atom is -0.338 e. The van der Waals surface area contributed by atoms with Crippen molar-refractivity contribution in [2.24, 2.45) is 0 Å². The average molecular weight is 414 g/mol. The van der Waals surface area contributed by atoms with Crippen LogP contribution < -0.4 is 0 Å². The van der Waals surface area contributed by atoms with E-state index >= 15 is 0 Å². The molecule has 4 aromatic rings. The molecule has 31 heavy (non-hydrogen) atoms. The van der Waals surface area contributed by atoms with Crippen LogP contribution >= 0.6 is 0 Å². The van der Waals surface area contributed by atoms with Gasteiger partial charge in [-0.3, -0.25) is 9.78 Å². The molecule has 1 amide bonds. The molecule has 0 saturated carbocycles. The summed E-state index contributed by atoms with van der Waals surface area (Å²) in [6, 6.07) is 18.2. The molecule has 0 bridgehead atoms. The maximum Gasteiger partial charge on any atom is 0.227 e. The van der Waals surface area contributed by atoms with Gasteiger partial charge in [-0.05, 0) is 49.2 Å². The number of aryl methyl sites for hydroxylation is 1. The van der Waals surface area contributed by atoms with Crippen LogP contribution in [0.4, 0.5) is 0 Å². The zero-order valence-corrected chi connectivity index (χ0v) is 18.2. The van der Waals surface area contributed by atoms with Gasteiger partial charge in [0.05, 0.1) is 13.0 Å². The second kappa shape index (κ2) is 9.08. The monoisotopic (exact) mass is 413 g/mol. The lowest BCUT2D eigenvalue weighted by Crippen LogP contribution is -2.40. The van der Waals surface area contributed by atoms with Crippen molar-refractivity contribution >= 4 is 16.7 Å². The van der Waals surface area contributed by atoms with Gasteiger partial charge in [-0.2, -0.15) is 5.10 Å². The standard InChI is InChI=1S/C25H27N5O/c1-18(2)29(24(31)17-22-9-6-8-20-7-4-5-10-23(20)22)15-16-30-19(3)27-25(28-30)21-11-13-26-14-12-21/h4-14,18H,15-17H2,1-3H3. The Kier molecular flexibility index (Phi) is 6.07. The first-order valence-corrected chi connectivity index (χ1v) is 10.6. The third kappa shape index (κ3) is 4.63. The van der Waals surface area contributed by atoms with Crippen molar-refractivity contribution in [2.75, 3.05) is 6.54 Å². The van der Waals surface area contributed by atoms with Crippen molar-refractivity contribution in [1.82, 2.24) is 24.6 Å². The van der Waals surface area contributed by atoms with Gasteiger partial charge in [-0.15, -0.1) is 0 Å². The summed E-state index contributed by atoms with van der Waals surface area (Å²) in [4.78, 5) is 23.7. The van der Waals surface area contributed by atoms with Crippen molar-refractivity contribution in [3.05, 3.63) is 78.4 Å². The molecule has 4 rings (SSSR count). The first-order valence-electron chi connectivity index (χ1n) is 10.6. The maximum atomic E-state index is 13.2. The molecule has 0 saturated heterocycles. The van der Waals surface area contributed by atoms with Crippen molar-refractivity contribution in [3.63, 3.8) is 0 Å². The van der Waals surface area contributed by atoms with E-state index in [0.29, 0.717) is 25.3 Å². The summed E-state index contributed by atoms with van der Waals surface area (Å²) in [6.07, 6.45) is 3.85. The van der Waals surface area contributed by atoms with Crippen molar-refractivity contribution in [3.8, 4) is 11.4 Å². The summed E-state index contributed by atoms with van der Waals surface area (Å²) >= 11 is 0. The third-order valence-electron chi connectivity index (χ3n) is 5.51. The van der Waals surface area contributed by atoms with Crippen LogP contribution in [0.15, 0.2) is 67.0 Å². The fourth-order valence-corrected chi connectivity index (χ4v) is 3.84. The number of pyridine rings is 1. The highest BCUT2D eigenvalue weighted by molar-refractivity contribution is 5.90. The third-order valence-corrected chi connectivity index (χ3v) is 5.51. The average Bonchev–Trinajstić information content (AvgIpc) is 3.15. The fraction of sp³-hybridized carbons (Fsp3) is 0.280. The molecule has 2 aromatic carbocycles. The lowest BCUT2D eigenvalue weighted by Gasteiger charge is -2.27. The molecule has 0 fully saturated rings. The molecule has 2 heterocycles. The number of benzene rings is 2. The first kappa shape index (κ1) is 20.7. The van der Waals surface area contributed by atoms with Crippen LogP contribution in [0.2, 0.25) is 0 Å². The lowest BCUT2D eigenvalue weighted by atomic mass is 10.0. The van der Waals surface area contributed by atoms with Gasteiger partial charge >= 0.3 is 0 Å². The predicted octanol–water partition coefficient (Wildman–Crippen LogP) is 4.28. The van der Waals surface area contributed by atoms with E-state index in [1.165, 1.54) is 0 Å². The number of carbonyl (C=O) groups is 1. The number of amides is 1. The topological polar surface area (TPSA) is 63.9 Å². The Morgan fingerprint density at radius 3 is 2.55 bits per heavy atom. The molecule has 0 atom stereocenters. The minimum absolute atomic E-state index is 0.103. The molecular weight excluding hydrogens is 386 g/mol. The zero-order valence-electron chi connectivity index (χ0n) is 18.2. The van der Waals surface area contributed by atoms with E-state index in [9.17, 15) is 4.79 Å². The Balaban J connectivity index is 1.48. The van der Waals surface area contributed by atoms with Crippen molar-refractivity contribution < 1.29 is 4.79 Å². The van der Waals surface area contributed by atoms with Gasteiger partial charge in [-0.25, -0.2) is 9.67 Å². The summed E-state index contributed by atoms with van der Waals surface area (Å²) in [5, 5.41) is 6.93. The van der Waals surface area contributed by atoms with Gasteiger partial charge in [-0.1, -0.05) is 42.5 Å². The van der Waals surface area contributed by atoms with Gasteiger partial charge in [0.25, 0.3) is 0 Å². The van der Waals surface area contributed by atoms with E-state index in [4.69, 9.17) is 0 Å². The maximum absolute atomic E-state index is 13.2. The number of hydrogen-bond donors (Lipinski definition) is 0. The lowest BCUT2D eigenvalue weighted by molar-refractivity contribution is -0.132. The van der Waals surface area contributed by atoms with Crippen LogP contribution in [0, 0.1) is 6.92 Å². The van der Waals surface area contributed by atoms with E-state index in [-0.39, 0.29) is 11.9 Å². The molecule has 0 unspecified atom stereocenters. The van der Waals surface area contributed by atoms with Crippen LogP contribution in [0.5, 0.6) is 0 Å². The molecule has 0 N–H and O–H groups in total. The Bertz CT molecular complexity index is 1180. The van der Waals surface area contributed by atoms with E-state index in [2.05, 4.69) is 47.1 Å². The van der Waals surface area contributed by atoms with Crippen molar-refractivity contribution in [1.29, 1.82) is 0 Å². The van der Waals surface area contributed by atoms with Gasteiger partial charge in [0.15, 0.2) is 5.82 Å². The van der Waals surface area contributed by atoms with Gasteiger partial charge in [0.2, 0.25) is 5.91 Å². The quantitative estimate of drug-likeness (QED) is 0.454. The van der Waals surface area contributed by atoms with E-state index in [0.717, 1.165) is 27.7 Å². The van der Waals surface area contributed by atoms with Crippen LogP contribution in [0.3, 0.4) is 0 Å². The number of hydrogen-bond acceptors (Lipinski definition) is 4. The van der Waals surface area contributed by atoms with Gasteiger partial charge < -0.3 is 4.90 Å². The summed E-state index contributed by atoms with van der Waals surface area (Å²) in [6.45, 7) is 7.23. The van der Waals surface area contributed by atoms with Crippen molar-refractivity contribution in [2.45, 2.75) is 39.8 Å². The Morgan fingerprint density at radius 2 is 1.77 bits per heavy atom. The Morgan fingerprint density at radius 1 is 1.03 bits per heavy atom. The number of nitrogens with zero attached hydrogens (tertiary/aromatic N) is 5. The number of fused-ring (bicyclic) bond motifs is 1. The molecule has 0 radical (unpaired) electrons. The normalized spacial score (nSPS) is 11.2. The highest BCUT2D eigenvalue weighted by Crippen LogP contribution is 2.20. The fourth-order valence-electron chi connectivity index (χ4n) is 3.84. The summed E-state index contributed by atoms with van der Waals surface area (Å²) in [7, 11) is 0. The highest BCUT2D eigenvalue weighted by atomic mass is 16.2. The SMILES string of the molecule is Cc1nc(-c2ccncc2)nn1CCN(C(=O)Cc1cccc2ccccc12)C(C)C. The molecule has 158 valence electrons. The smallest absolute Gasteiger partial charge is 0.227 e. The van der Waals surface area contributed by atoms with Gasteiger partial charge in [0.1, 0.15) is 5.82 Å². The summed E-state index contributed by atoms with van der Waals surface area (Å²) in [5.41, 5.74) is 2.00. The van der Waals surface area contributed by atoms with Crippen LogP contribution in [-0.2, 0) is 17.8 Å². The molecule has 6 heteroatoms. The molecule has 6 nitrogen and oxygen atoms in total. The minimum atomic E-state index is 0.103. The molecule has 0 aliphatic heterocycles. The second-order valence-corrected chi connectivity index (χ2v) is 7.94. The molecule has 2 aromatic heterocycles. The molecular formula is C25H27N5O. The second-order valence-electron chi connectivity index (χ2n) is 7.94. The largest absolute Gasteiger partial charge is 0.338 e.